The number of hydrogen-bond donors (Lipinski definition) is 1. The van der Waals surface area contributed by atoms with Gasteiger partial charge in [-0.15, -0.1) is 11.8 Å². The number of rotatable bonds is 10. The van der Waals surface area contributed by atoms with Gasteiger partial charge in [0, 0.05) is 37.2 Å². The van der Waals surface area contributed by atoms with Gasteiger partial charge in [0.05, 0.1) is 11.1 Å². The highest BCUT2D eigenvalue weighted by Crippen LogP contribution is 2.36. The third kappa shape index (κ3) is 6.11. The average Bonchev–Trinajstić information content (AvgIpc) is 3.06. The first kappa shape index (κ1) is 26.7. The van der Waals surface area contributed by atoms with Gasteiger partial charge in [0.25, 0.3) is 17.7 Å². The SMILES string of the molecule is O=C1CCC(N2C(=O)c3cc(F)cc(SCCCCCCCN4CCC(F)(F)CC4)c3C2=O)C(=O)N1. The van der Waals surface area contributed by atoms with E-state index in [0.717, 1.165) is 49.6 Å². The molecule has 196 valence electrons. The average molecular weight is 526 g/mol. The van der Waals surface area contributed by atoms with Gasteiger partial charge in [0.1, 0.15) is 11.9 Å². The zero-order valence-electron chi connectivity index (χ0n) is 20.0. The van der Waals surface area contributed by atoms with Crippen molar-refractivity contribution in [2.24, 2.45) is 0 Å². The van der Waals surface area contributed by atoms with E-state index in [9.17, 15) is 32.3 Å². The Morgan fingerprint density at radius 3 is 2.39 bits per heavy atom. The molecule has 2 saturated heterocycles. The quantitative estimate of drug-likeness (QED) is 0.282. The molecule has 1 aromatic carbocycles. The highest BCUT2D eigenvalue weighted by atomic mass is 32.2. The van der Waals surface area contributed by atoms with E-state index in [0.29, 0.717) is 23.7 Å². The summed E-state index contributed by atoms with van der Waals surface area (Å²) in [5, 5.41) is 2.15. The molecule has 1 N–H and O–H groups in total. The maximum atomic E-state index is 14.3. The number of carbonyl (C=O) groups is 4. The Labute approximate surface area is 212 Å². The second-order valence-electron chi connectivity index (χ2n) is 9.59. The van der Waals surface area contributed by atoms with Gasteiger partial charge in [-0.25, -0.2) is 13.2 Å². The number of unbranched alkanes of at least 4 members (excludes halogenated alkanes) is 4. The number of carbonyl (C=O) groups excluding carboxylic acids is 4. The fourth-order valence-electron chi connectivity index (χ4n) is 4.89. The molecule has 3 aliphatic heterocycles. The molecule has 4 amide bonds. The molecule has 2 fully saturated rings. The van der Waals surface area contributed by atoms with Gasteiger partial charge in [0.2, 0.25) is 11.8 Å². The van der Waals surface area contributed by atoms with Crippen molar-refractivity contribution in [2.75, 3.05) is 25.4 Å². The van der Waals surface area contributed by atoms with E-state index in [1.165, 1.54) is 17.8 Å². The van der Waals surface area contributed by atoms with Crippen LogP contribution in [0.4, 0.5) is 13.2 Å². The summed E-state index contributed by atoms with van der Waals surface area (Å²) in [4.78, 5) is 53.0. The molecule has 1 atom stereocenters. The molecule has 7 nitrogen and oxygen atoms in total. The van der Waals surface area contributed by atoms with Crippen LogP contribution in [-0.4, -0.2) is 70.8 Å². The van der Waals surface area contributed by atoms with Crippen molar-refractivity contribution in [3.8, 4) is 0 Å². The number of halogens is 3. The van der Waals surface area contributed by atoms with E-state index in [-0.39, 0.29) is 36.8 Å². The van der Waals surface area contributed by atoms with Crippen LogP contribution in [0.3, 0.4) is 0 Å². The van der Waals surface area contributed by atoms with E-state index in [1.807, 2.05) is 0 Å². The Kier molecular flexibility index (Phi) is 8.39. The zero-order chi connectivity index (χ0) is 25.9. The van der Waals surface area contributed by atoms with Crippen LogP contribution in [0.1, 0.15) is 78.5 Å². The third-order valence-corrected chi connectivity index (χ3v) is 8.06. The molecule has 11 heteroatoms. The first-order valence-corrected chi connectivity index (χ1v) is 13.4. The van der Waals surface area contributed by atoms with Gasteiger partial charge >= 0.3 is 0 Å². The molecule has 1 unspecified atom stereocenters. The lowest BCUT2D eigenvalue weighted by atomic mass is 10.0. The number of nitrogens with zero attached hydrogens (tertiary/aromatic N) is 2. The van der Waals surface area contributed by atoms with Crippen LogP contribution in [0.15, 0.2) is 17.0 Å². The van der Waals surface area contributed by atoms with Crippen molar-refractivity contribution in [2.45, 2.75) is 74.6 Å². The lowest BCUT2D eigenvalue weighted by molar-refractivity contribution is -0.136. The summed E-state index contributed by atoms with van der Waals surface area (Å²) in [7, 11) is 0. The van der Waals surface area contributed by atoms with E-state index >= 15 is 0 Å². The van der Waals surface area contributed by atoms with E-state index in [1.54, 1.807) is 0 Å². The molecule has 4 rings (SSSR count). The van der Waals surface area contributed by atoms with Crippen LogP contribution >= 0.6 is 11.8 Å². The predicted molar refractivity (Wildman–Crippen MR) is 128 cm³/mol. The molecule has 0 aromatic heterocycles. The zero-order valence-corrected chi connectivity index (χ0v) is 20.8. The largest absolute Gasteiger partial charge is 0.303 e. The van der Waals surface area contributed by atoms with Crippen molar-refractivity contribution in [1.82, 2.24) is 15.1 Å². The van der Waals surface area contributed by atoms with Crippen molar-refractivity contribution in [1.29, 1.82) is 0 Å². The highest BCUT2D eigenvalue weighted by molar-refractivity contribution is 7.99. The lowest BCUT2D eigenvalue weighted by Gasteiger charge is -2.31. The van der Waals surface area contributed by atoms with E-state index in [2.05, 4.69) is 10.2 Å². The summed E-state index contributed by atoms with van der Waals surface area (Å²) in [5.74, 6) is -5.02. The number of fused-ring (bicyclic) bond motifs is 1. The number of hydrogen-bond acceptors (Lipinski definition) is 6. The van der Waals surface area contributed by atoms with Crippen LogP contribution in [0.5, 0.6) is 0 Å². The number of benzene rings is 1. The van der Waals surface area contributed by atoms with Gasteiger partial charge in [0.15, 0.2) is 0 Å². The number of likely N-dealkylation sites (tertiary alicyclic amines) is 1. The van der Waals surface area contributed by atoms with Gasteiger partial charge in [-0.1, -0.05) is 19.3 Å². The molecule has 3 aliphatic rings. The lowest BCUT2D eigenvalue weighted by Crippen LogP contribution is -2.54. The van der Waals surface area contributed by atoms with Crippen LogP contribution < -0.4 is 5.32 Å². The second-order valence-corrected chi connectivity index (χ2v) is 10.7. The van der Waals surface area contributed by atoms with Gasteiger partial charge in [-0.3, -0.25) is 29.4 Å². The number of imide groups is 2. The molecule has 0 spiro atoms. The second kappa shape index (κ2) is 11.3. The predicted octanol–water partition coefficient (Wildman–Crippen LogP) is 4.00. The summed E-state index contributed by atoms with van der Waals surface area (Å²) in [6, 6.07) is 1.18. The Bertz CT molecular complexity index is 1040. The maximum absolute atomic E-state index is 14.3. The molecular weight excluding hydrogens is 495 g/mol. The minimum atomic E-state index is -2.52. The molecule has 0 bridgehead atoms. The first-order valence-electron chi connectivity index (χ1n) is 12.4. The molecule has 3 heterocycles. The van der Waals surface area contributed by atoms with Crippen molar-refractivity contribution < 1.29 is 32.3 Å². The van der Waals surface area contributed by atoms with Crippen LogP contribution in [0.2, 0.25) is 0 Å². The highest BCUT2D eigenvalue weighted by Gasteiger charge is 2.46. The van der Waals surface area contributed by atoms with E-state index in [4.69, 9.17) is 0 Å². The standard InChI is InChI=1S/C25H30F3N3O4S/c26-16-14-17-21(24(35)31(23(17)34)18-6-7-20(32)29-22(18)33)19(15-16)36-13-5-3-1-2-4-10-30-11-8-25(27,28)9-12-30/h14-15,18H,1-13H2,(H,29,32,33). The molecule has 0 radical (unpaired) electrons. The first-order chi connectivity index (χ1) is 17.2. The summed E-state index contributed by atoms with van der Waals surface area (Å²) in [5.41, 5.74) is 0.0610. The summed E-state index contributed by atoms with van der Waals surface area (Å²) in [6.45, 7) is 1.73. The summed E-state index contributed by atoms with van der Waals surface area (Å²) >= 11 is 1.31. The number of thioether (sulfide) groups is 1. The van der Waals surface area contributed by atoms with Gasteiger partial charge < -0.3 is 4.90 Å². The van der Waals surface area contributed by atoms with Crippen LogP contribution in [-0.2, 0) is 9.59 Å². The smallest absolute Gasteiger partial charge is 0.263 e. The van der Waals surface area contributed by atoms with Crippen LogP contribution in [0.25, 0.3) is 0 Å². The Balaban J connectivity index is 1.24. The van der Waals surface area contributed by atoms with Crippen molar-refractivity contribution in [3.05, 3.63) is 29.1 Å². The van der Waals surface area contributed by atoms with Crippen molar-refractivity contribution in [3.63, 3.8) is 0 Å². The number of piperidine rings is 2. The fraction of sp³-hybridized carbons (Fsp3) is 0.600. The Morgan fingerprint density at radius 1 is 0.972 bits per heavy atom. The Morgan fingerprint density at radius 2 is 1.67 bits per heavy atom. The molecule has 36 heavy (non-hydrogen) atoms. The third-order valence-electron chi connectivity index (χ3n) is 6.93. The fourth-order valence-corrected chi connectivity index (χ4v) is 6.00. The minimum Gasteiger partial charge on any atom is -0.303 e. The summed E-state index contributed by atoms with van der Waals surface area (Å²) in [6.07, 6.45) is 4.68. The molecular formula is C25H30F3N3O4S. The maximum Gasteiger partial charge on any atom is 0.263 e. The monoisotopic (exact) mass is 525 g/mol. The molecule has 1 aromatic rings. The van der Waals surface area contributed by atoms with Crippen LogP contribution in [0, 0.1) is 5.82 Å². The van der Waals surface area contributed by atoms with E-state index < -0.39 is 41.4 Å². The minimum absolute atomic E-state index is 0.0216. The summed E-state index contributed by atoms with van der Waals surface area (Å²) < 4.78 is 40.7. The topological polar surface area (TPSA) is 86.8 Å². The normalized spacial score (nSPS) is 22.2. The molecule has 0 aliphatic carbocycles. The number of amides is 4. The van der Waals surface area contributed by atoms with Gasteiger partial charge in [-0.2, -0.15) is 0 Å². The molecule has 0 saturated carbocycles. The number of nitrogens with one attached hydrogen (secondary N) is 1. The number of alkyl halides is 2. The van der Waals surface area contributed by atoms with Gasteiger partial charge in [-0.05, 0) is 43.7 Å². The van der Waals surface area contributed by atoms with Crippen molar-refractivity contribution >= 4 is 35.4 Å². The Hall–Kier alpha value is -2.40.